The number of aromatic nitrogens is 4. The monoisotopic (exact) mass is 546 g/mol. The molecule has 1 unspecified atom stereocenters. The number of fused-ring (bicyclic) bond motifs is 1. The van der Waals surface area contributed by atoms with E-state index in [1.807, 2.05) is 67.6 Å². The van der Waals surface area contributed by atoms with Crippen molar-refractivity contribution in [2.45, 2.75) is 19.6 Å². The fourth-order valence-corrected chi connectivity index (χ4v) is 4.54. The minimum absolute atomic E-state index is 0.286. The summed E-state index contributed by atoms with van der Waals surface area (Å²) in [6.07, 6.45) is 0. The number of para-hydroxylation sites is 2. The van der Waals surface area contributed by atoms with Crippen molar-refractivity contribution in [1.82, 2.24) is 20.2 Å². The lowest BCUT2D eigenvalue weighted by Gasteiger charge is -2.28. The number of nitrogens with zero attached hydrogens (tertiary/aromatic N) is 4. The van der Waals surface area contributed by atoms with Gasteiger partial charge in [-0.05, 0) is 64.9 Å². The van der Waals surface area contributed by atoms with Crippen LogP contribution in [0.3, 0.4) is 0 Å². The van der Waals surface area contributed by atoms with Gasteiger partial charge >= 0.3 is 0 Å². The average molecular weight is 547 g/mol. The SMILES string of the molecule is COc1ccccc1NC(=O)C1=C(C)Nc2nnnn2C1c1ccc(OCc2cccc(Br)c2)cc1. The molecule has 0 saturated heterocycles. The van der Waals surface area contributed by atoms with Crippen LogP contribution in [0.4, 0.5) is 11.6 Å². The largest absolute Gasteiger partial charge is 0.495 e. The molecule has 1 aliphatic rings. The molecule has 2 heterocycles. The molecular formula is C26H23BrN6O3. The Kier molecular flexibility index (Phi) is 6.68. The maximum atomic E-state index is 13.5. The molecule has 3 aromatic carbocycles. The number of hydrogen-bond acceptors (Lipinski definition) is 7. The number of amides is 1. The van der Waals surface area contributed by atoms with Gasteiger partial charge in [-0.15, -0.1) is 0 Å². The Balaban J connectivity index is 1.42. The van der Waals surface area contributed by atoms with E-state index in [0.29, 0.717) is 41.0 Å². The number of methoxy groups -OCH3 is 1. The molecule has 9 nitrogen and oxygen atoms in total. The van der Waals surface area contributed by atoms with Crippen molar-refractivity contribution in [3.05, 3.63) is 99.7 Å². The molecule has 1 atom stereocenters. The highest BCUT2D eigenvalue weighted by Gasteiger charge is 2.34. The van der Waals surface area contributed by atoms with Gasteiger partial charge in [-0.3, -0.25) is 4.79 Å². The van der Waals surface area contributed by atoms with Gasteiger partial charge < -0.3 is 20.1 Å². The van der Waals surface area contributed by atoms with Gasteiger partial charge in [-0.2, -0.15) is 4.68 Å². The van der Waals surface area contributed by atoms with Gasteiger partial charge in [0, 0.05) is 10.2 Å². The van der Waals surface area contributed by atoms with Crippen molar-refractivity contribution in [2.24, 2.45) is 0 Å². The first-order chi connectivity index (χ1) is 17.5. The van der Waals surface area contributed by atoms with Crippen molar-refractivity contribution in [3.8, 4) is 11.5 Å². The van der Waals surface area contributed by atoms with E-state index < -0.39 is 6.04 Å². The fourth-order valence-electron chi connectivity index (χ4n) is 4.09. The Morgan fingerprint density at radius 3 is 2.69 bits per heavy atom. The minimum Gasteiger partial charge on any atom is -0.495 e. The maximum Gasteiger partial charge on any atom is 0.255 e. The summed E-state index contributed by atoms with van der Waals surface area (Å²) < 4.78 is 13.9. The topological polar surface area (TPSA) is 103 Å². The lowest BCUT2D eigenvalue weighted by atomic mass is 9.95. The van der Waals surface area contributed by atoms with E-state index in [0.717, 1.165) is 15.6 Å². The quantitative estimate of drug-likeness (QED) is 0.338. The Bertz CT molecular complexity index is 1430. The normalized spacial score (nSPS) is 14.6. The fraction of sp³-hybridized carbons (Fsp3) is 0.154. The molecular weight excluding hydrogens is 524 g/mol. The number of nitrogens with one attached hydrogen (secondary N) is 2. The maximum absolute atomic E-state index is 13.5. The lowest BCUT2D eigenvalue weighted by Crippen LogP contribution is -2.31. The van der Waals surface area contributed by atoms with Crippen LogP contribution in [0.1, 0.15) is 24.1 Å². The molecule has 0 aliphatic carbocycles. The summed E-state index contributed by atoms with van der Waals surface area (Å²) in [6.45, 7) is 2.27. The second-order valence-electron chi connectivity index (χ2n) is 8.16. The molecule has 10 heteroatoms. The van der Waals surface area contributed by atoms with Gasteiger partial charge in [0.05, 0.1) is 18.4 Å². The third-order valence-electron chi connectivity index (χ3n) is 5.80. The highest BCUT2D eigenvalue weighted by molar-refractivity contribution is 9.10. The number of allylic oxidation sites excluding steroid dienone is 1. The molecule has 2 N–H and O–H groups in total. The number of rotatable bonds is 7. The molecule has 0 spiro atoms. The van der Waals surface area contributed by atoms with Crippen LogP contribution < -0.4 is 20.1 Å². The summed E-state index contributed by atoms with van der Waals surface area (Å²) in [5, 5.41) is 18.1. The molecule has 4 aromatic rings. The second-order valence-corrected chi connectivity index (χ2v) is 9.07. The smallest absolute Gasteiger partial charge is 0.255 e. The molecule has 0 saturated carbocycles. The van der Waals surface area contributed by atoms with Crippen LogP contribution in [0.15, 0.2) is 88.5 Å². The number of halogens is 1. The van der Waals surface area contributed by atoms with Crippen LogP contribution in [-0.4, -0.2) is 33.2 Å². The molecule has 0 bridgehead atoms. The van der Waals surface area contributed by atoms with Gasteiger partial charge in [-0.1, -0.05) is 57.4 Å². The third-order valence-corrected chi connectivity index (χ3v) is 6.30. The van der Waals surface area contributed by atoms with Crippen LogP contribution in [0.5, 0.6) is 11.5 Å². The molecule has 1 amide bonds. The number of benzene rings is 3. The molecule has 1 aromatic heterocycles. The number of carbonyl (C=O) groups excluding carboxylic acids is 1. The predicted octanol–water partition coefficient (Wildman–Crippen LogP) is 4.95. The van der Waals surface area contributed by atoms with Gasteiger partial charge in [-0.25, -0.2) is 0 Å². The molecule has 1 aliphatic heterocycles. The van der Waals surface area contributed by atoms with Crippen molar-refractivity contribution in [3.63, 3.8) is 0 Å². The first-order valence-corrected chi connectivity index (χ1v) is 12.0. The zero-order valence-electron chi connectivity index (χ0n) is 19.6. The summed E-state index contributed by atoms with van der Waals surface area (Å²) in [5.74, 6) is 1.46. The summed E-state index contributed by atoms with van der Waals surface area (Å²) in [5.41, 5.74) is 3.61. The van der Waals surface area contributed by atoms with Gasteiger partial charge in [0.15, 0.2) is 0 Å². The van der Waals surface area contributed by atoms with E-state index in [2.05, 4.69) is 42.1 Å². The number of hydrogen-bond donors (Lipinski definition) is 2. The van der Waals surface area contributed by atoms with Crippen LogP contribution >= 0.6 is 15.9 Å². The first kappa shape index (κ1) is 23.6. The highest BCUT2D eigenvalue weighted by Crippen LogP contribution is 2.36. The lowest BCUT2D eigenvalue weighted by molar-refractivity contribution is -0.113. The van der Waals surface area contributed by atoms with Crippen LogP contribution in [0, 0.1) is 0 Å². The number of tetrazole rings is 1. The second kappa shape index (κ2) is 10.2. The summed E-state index contributed by atoms with van der Waals surface area (Å²) in [7, 11) is 1.56. The van der Waals surface area contributed by atoms with E-state index in [1.54, 1.807) is 23.9 Å². The number of ether oxygens (including phenoxy) is 2. The Hall–Kier alpha value is -4.18. The standard InChI is InChI=1S/C26H23BrN6O3/c1-16-23(25(34)29-21-8-3-4-9-22(21)35-2)24(33-26(28-16)30-31-32-33)18-10-12-20(13-11-18)36-15-17-6-5-7-19(27)14-17/h3-14,24H,15H2,1-2H3,(H,29,34)(H,28,30,32). The Labute approximate surface area is 216 Å². The zero-order chi connectivity index (χ0) is 25.1. The van der Waals surface area contributed by atoms with Crippen LogP contribution in [-0.2, 0) is 11.4 Å². The molecule has 5 rings (SSSR count). The summed E-state index contributed by atoms with van der Waals surface area (Å²) >= 11 is 3.48. The first-order valence-electron chi connectivity index (χ1n) is 11.2. The summed E-state index contributed by atoms with van der Waals surface area (Å²) in [6, 6.07) is 22.3. The van der Waals surface area contributed by atoms with Crippen molar-refractivity contribution in [2.75, 3.05) is 17.7 Å². The van der Waals surface area contributed by atoms with Gasteiger partial charge in [0.25, 0.3) is 5.91 Å². The molecule has 36 heavy (non-hydrogen) atoms. The van der Waals surface area contributed by atoms with Crippen molar-refractivity contribution in [1.29, 1.82) is 0 Å². The average Bonchev–Trinajstić information content (AvgIpc) is 3.35. The van der Waals surface area contributed by atoms with E-state index in [-0.39, 0.29) is 5.91 Å². The van der Waals surface area contributed by atoms with Crippen LogP contribution in [0.25, 0.3) is 0 Å². The molecule has 182 valence electrons. The van der Waals surface area contributed by atoms with E-state index in [1.165, 1.54) is 0 Å². The van der Waals surface area contributed by atoms with E-state index in [9.17, 15) is 4.79 Å². The Morgan fingerprint density at radius 2 is 1.92 bits per heavy atom. The molecule has 0 radical (unpaired) electrons. The highest BCUT2D eigenvalue weighted by atomic mass is 79.9. The predicted molar refractivity (Wildman–Crippen MR) is 139 cm³/mol. The van der Waals surface area contributed by atoms with E-state index >= 15 is 0 Å². The Morgan fingerprint density at radius 1 is 1.11 bits per heavy atom. The van der Waals surface area contributed by atoms with Crippen molar-refractivity contribution >= 4 is 33.5 Å². The van der Waals surface area contributed by atoms with Crippen molar-refractivity contribution < 1.29 is 14.3 Å². The molecule has 0 fully saturated rings. The van der Waals surface area contributed by atoms with Gasteiger partial charge in [0.2, 0.25) is 5.95 Å². The van der Waals surface area contributed by atoms with Crippen LogP contribution in [0.2, 0.25) is 0 Å². The van der Waals surface area contributed by atoms with Gasteiger partial charge in [0.1, 0.15) is 24.1 Å². The number of anilines is 2. The zero-order valence-corrected chi connectivity index (χ0v) is 21.2. The summed E-state index contributed by atoms with van der Waals surface area (Å²) in [4.78, 5) is 13.5. The third kappa shape index (κ3) is 4.80. The van der Waals surface area contributed by atoms with E-state index in [4.69, 9.17) is 9.47 Å². The minimum atomic E-state index is -0.537. The number of carbonyl (C=O) groups is 1.